The minimum Gasteiger partial charge on any atom is -0.471 e. The van der Waals surface area contributed by atoms with Crippen LogP contribution in [-0.2, 0) is 6.73 Å². The van der Waals surface area contributed by atoms with Crippen LogP contribution in [0.15, 0.2) is 65.5 Å². The predicted octanol–water partition coefficient (Wildman–Crippen LogP) is 3.81. The van der Waals surface area contributed by atoms with Crippen molar-refractivity contribution in [1.82, 2.24) is 20.0 Å². The number of nitrogens with one attached hydrogen (secondary N) is 2. The number of aromatic nitrogens is 4. The summed E-state index contributed by atoms with van der Waals surface area (Å²) in [7, 11) is 0. The molecule has 0 aliphatic rings. The van der Waals surface area contributed by atoms with Crippen molar-refractivity contribution < 1.29 is 13.9 Å². The molecular formula is C18H14ClN5O3. The Kier molecular flexibility index (Phi) is 4.63. The van der Waals surface area contributed by atoms with Crippen LogP contribution in [0.25, 0.3) is 11.5 Å². The molecule has 1 amide bonds. The average molecular weight is 384 g/mol. The van der Waals surface area contributed by atoms with E-state index in [9.17, 15) is 4.79 Å². The van der Waals surface area contributed by atoms with Gasteiger partial charge in [-0.15, -0.1) is 0 Å². The minimum absolute atomic E-state index is 0.182. The Morgan fingerprint density at radius 1 is 1.30 bits per heavy atom. The summed E-state index contributed by atoms with van der Waals surface area (Å²) < 4.78 is 12.4. The maximum absolute atomic E-state index is 12.3. The van der Waals surface area contributed by atoms with Gasteiger partial charge in [-0.2, -0.15) is 10.2 Å². The van der Waals surface area contributed by atoms with Crippen molar-refractivity contribution in [2.24, 2.45) is 0 Å². The molecule has 4 aromatic rings. The molecule has 9 heteroatoms. The summed E-state index contributed by atoms with van der Waals surface area (Å²) in [5.41, 5.74) is 1.39. The van der Waals surface area contributed by atoms with E-state index in [1.165, 1.54) is 6.20 Å². The number of carbonyl (C=O) groups is 1. The summed E-state index contributed by atoms with van der Waals surface area (Å²) in [4.78, 5) is 12.3. The summed E-state index contributed by atoms with van der Waals surface area (Å²) in [6.45, 7) is 0.182. The Hall–Kier alpha value is -3.52. The molecule has 0 spiro atoms. The monoisotopic (exact) mass is 383 g/mol. The number of ether oxygens (including phenoxy) is 1. The van der Waals surface area contributed by atoms with Gasteiger partial charge in [0, 0.05) is 11.1 Å². The van der Waals surface area contributed by atoms with E-state index in [-0.39, 0.29) is 18.3 Å². The lowest BCUT2D eigenvalue weighted by Gasteiger charge is -2.06. The van der Waals surface area contributed by atoms with Gasteiger partial charge in [-0.3, -0.25) is 9.89 Å². The van der Waals surface area contributed by atoms with Gasteiger partial charge in [0.15, 0.2) is 18.2 Å². The lowest BCUT2D eigenvalue weighted by Crippen LogP contribution is -2.12. The molecule has 1 aromatic carbocycles. The Morgan fingerprint density at radius 2 is 2.22 bits per heavy atom. The molecule has 3 heterocycles. The zero-order chi connectivity index (χ0) is 18.6. The van der Waals surface area contributed by atoms with Gasteiger partial charge in [0.25, 0.3) is 5.91 Å². The molecular weight excluding hydrogens is 370 g/mol. The van der Waals surface area contributed by atoms with E-state index in [0.717, 1.165) is 0 Å². The number of amides is 1. The highest BCUT2D eigenvalue weighted by molar-refractivity contribution is 6.30. The number of hydrogen-bond donors (Lipinski definition) is 2. The third-order valence-electron chi connectivity index (χ3n) is 3.65. The highest BCUT2D eigenvalue weighted by Crippen LogP contribution is 2.19. The van der Waals surface area contributed by atoms with E-state index in [1.54, 1.807) is 59.6 Å². The lowest BCUT2D eigenvalue weighted by molar-refractivity contribution is 0.102. The molecule has 0 radical (unpaired) electrons. The summed E-state index contributed by atoms with van der Waals surface area (Å²) in [5.74, 6) is 0.873. The second kappa shape index (κ2) is 7.38. The minimum atomic E-state index is -0.362. The number of carbonyl (C=O) groups excluding carboxylic acids is 1. The molecule has 0 atom stereocenters. The van der Waals surface area contributed by atoms with Crippen LogP contribution in [0.3, 0.4) is 0 Å². The number of anilines is 1. The van der Waals surface area contributed by atoms with Crippen LogP contribution in [0.1, 0.15) is 10.5 Å². The number of rotatable bonds is 6. The van der Waals surface area contributed by atoms with Gasteiger partial charge in [0.1, 0.15) is 11.4 Å². The van der Waals surface area contributed by atoms with Crippen LogP contribution < -0.4 is 10.1 Å². The maximum atomic E-state index is 12.3. The van der Waals surface area contributed by atoms with Crippen molar-refractivity contribution in [3.8, 4) is 17.2 Å². The topological polar surface area (TPSA) is 98.0 Å². The number of nitrogens with zero attached hydrogens (tertiary/aromatic N) is 3. The van der Waals surface area contributed by atoms with Gasteiger partial charge in [-0.25, -0.2) is 4.68 Å². The zero-order valence-electron chi connectivity index (χ0n) is 13.9. The summed E-state index contributed by atoms with van der Waals surface area (Å²) in [6, 6.07) is 12.2. The Balaban J connectivity index is 1.37. The fraction of sp³-hybridized carbons (Fsp3) is 0.0556. The Bertz CT molecular complexity index is 1050. The van der Waals surface area contributed by atoms with Crippen molar-refractivity contribution >= 4 is 23.2 Å². The molecule has 27 heavy (non-hydrogen) atoms. The van der Waals surface area contributed by atoms with E-state index in [0.29, 0.717) is 27.9 Å². The second-order valence-corrected chi connectivity index (χ2v) is 6.03. The molecule has 0 unspecified atom stereocenters. The van der Waals surface area contributed by atoms with Crippen molar-refractivity contribution in [3.05, 3.63) is 71.8 Å². The first kappa shape index (κ1) is 16.9. The van der Waals surface area contributed by atoms with Gasteiger partial charge in [-0.1, -0.05) is 17.7 Å². The number of halogens is 1. The quantitative estimate of drug-likeness (QED) is 0.527. The van der Waals surface area contributed by atoms with E-state index in [1.807, 2.05) is 0 Å². The van der Waals surface area contributed by atoms with Gasteiger partial charge < -0.3 is 14.5 Å². The van der Waals surface area contributed by atoms with Crippen molar-refractivity contribution in [2.45, 2.75) is 6.73 Å². The maximum Gasteiger partial charge on any atom is 0.276 e. The van der Waals surface area contributed by atoms with E-state index in [2.05, 4.69) is 20.6 Å². The van der Waals surface area contributed by atoms with Gasteiger partial charge in [-0.05, 0) is 30.3 Å². The van der Waals surface area contributed by atoms with Crippen LogP contribution in [0.2, 0.25) is 5.02 Å². The molecule has 136 valence electrons. The van der Waals surface area contributed by atoms with Crippen molar-refractivity contribution in [1.29, 1.82) is 0 Å². The number of hydrogen-bond acceptors (Lipinski definition) is 5. The molecule has 3 aromatic heterocycles. The van der Waals surface area contributed by atoms with Crippen LogP contribution in [0, 0.1) is 0 Å². The zero-order valence-corrected chi connectivity index (χ0v) is 14.7. The normalized spacial score (nSPS) is 10.7. The first-order valence-corrected chi connectivity index (χ1v) is 8.36. The van der Waals surface area contributed by atoms with E-state index < -0.39 is 0 Å². The van der Waals surface area contributed by atoms with Gasteiger partial charge in [0.05, 0.1) is 24.3 Å². The van der Waals surface area contributed by atoms with E-state index in [4.69, 9.17) is 20.8 Å². The molecule has 0 saturated heterocycles. The first-order chi connectivity index (χ1) is 13.2. The van der Waals surface area contributed by atoms with Crippen LogP contribution in [-0.4, -0.2) is 25.9 Å². The Labute approximate surface area is 158 Å². The fourth-order valence-corrected chi connectivity index (χ4v) is 2.57. The highest BCUT2D eigenvalue weighted by Gasteiger charge is 2.13. The third-order valence-corrected chi connectivity index (χ3v) is 3.88. The average Bonchev–Trinajstić information content (AvgIpc) is 3.40. The molecule has 8 nitrogen and oxygen atoms in total. The van der Waals surface area contributed by atoms with Crippen LogP contribution >= 0.6 is 11.6 Å². The summed E-state index contributed by atoms with van der Waals surface area (Å²) >= 11 is 5.92. The third kappa shape index (κ3) is 4.01. The van der Waals surface area contributed by atoms with Crippen LogP contribution in [0.5, 0.6) is 5.75 Å². The Morgan fingerprint density at radius 3 is 3.04 bits per heavy atom. The standard InChI is InChI=1S/C18H14ClN5O3/c19-12-3-1-4-14(7-12)27-11-24-10-13(9-20-24)21-18(25)16-8-15(22-23-16)17-5-2-6-26-17/h1-10H,11H2,(H,21,25)(H,22,23). The largest absolute Gasteiger partial charge is 0.471 e. The molecule has 4 rings (SSSR count). The highest BCUT2D eigenvalue weighted by atomic mass is 35.5. The van der Waals surface area contributed by atoms with Crippen molar-refractivity contribution in [2.75, 3.05) is 5.32 Å². The van der Waals surface area contributed by atoms with Gasteiger partial charge >= 0.3 is 0 Å². The van der Waals surface area contributed by atoms with E-state index >= 15 is 0 Å². The fourth-order valence-electron chi connectivity index (χ4n) is 2.39. The smallest absolute Gasteiger partial charge is 0.276 e. The molecule has 0 saturated carbocycles. The van der Waals surface area contributed by atoms with Gasteiger partial charge in [0.2, 0.25) is 0 Å². The summed E-state index contributed by atoms with van der Waals surface area (Å²) in [5, 5.41) is 14.2. The number of furan rings is 1. The first-order valence-electron chi connectivity index (χ1n) is 7.99. The SMILES string of the molecule is O=C(Nc1cnn(COc2cccc(Cl)c2)c1)c1cc(-c2ccco2)[nH]n1. The molecule has 0 aliphatic carbocycles. The van der Waals surface area contributed by atoms with Crippen molar-refractivity contribution in [3.63, 3.8) is 0 Å². The molecule has 2 N–H and O–H groups in total. The second-order valence-electron chi connectivity index (χ2n) is 5.60. The number of aromatic amines is 1. The molecule has 0 bridgehead atoms. The molecule has 0 aliphatic heterocycles. The predicted molar refractivity (Wildman–Crippen MR) is 98.5 cm³/mol. The number of H-pyrrole nitrogens is 1. The summed E-state index contributed by atoms with van der Waals surface area (Å²) in [6.07, 6.45) is 4.73. The number of benzene rings is 1. The van der Waals surface area contributed by atoms with Crippen LogP contribution in [0.4, 0.5) is 5.69 Å². The molecule has 0 fully saturated rings. The lowest BCUT2D eigenvalue weighted by atomic mass is 10.3.